The molecule has 0 saturated carbocycles. The molecule has 6 heterocycles. The van der Waals surface area contributed by atoms with Gasteiger partial charge in [-0.2, -0.15) is 23.1 Å². The number of nitrogens with zero attached hydrogens (tertiary/aromatic N) is 6. The molecule has 0 aliphatic carbocycles. The van der Waals surface area contributed by atoms with Crippen LogP contribution in [0.1, 0.15) is 46.5 Å². The average molecular weight is 809 g/mol. The summed E-state index contributed by atoms with van der Waals surface area (Å²) in [5, 5.41) is 9.49. The fraction of sp³-hybridized carbons (Fsp3) is 0.500. The van der Waals surface area contributed by atoms with Gasteiger partial charge < -0.3 is 19.5 Å². The average Bonchev–Trinajstić information content (AvgIpc) is 3.68. The monoisotopic (exact) mass is 808 g/mol. The molecule has 4 aliphatic heterocycles. The normalized spacial score (nSPS) is 25.0. The first kappa shape index (κ1) is 39.6. The van der Waals surface area contributed by atoms with Gasteiger partial charge >= 0.3 is 24.2 Å². The minimum absolute atomic E-state index is 0.00918. The number of carbonyl (C=O) groups excluding carboxylic acids is 1. The molecule has 0 spiro atoms. The Morgan fingerprint density at radius 2 is 1.57 bits per heavy atom. The number of halogens is 7. The second-order valence-corrected chi connectivity index (χ2v) is 16.1. The van der Waals surface area contributed by atoms with Gasteiger partial charge in [0, 0.05) is 61.2 Å². The number of aliphatic carboxylic acids is 1. The van der Waals surface area contributed by atoms with E-state index >= 15 is 4.39 Å². The molecule has 2 bridgehead atoms. The topological polar surface area (TPSA) is 121 Å². The molecule has 2 unspecified atom stereocenters. The zero-order valence-electron chi connectivity index (χ0n) is 30.6. The molecule has 300 valence electrons. The van der Waals surface area contributed by atoms with Crippen molar-refractivity contribution in [1.82, 2.24) is 24.8 Å². The van der Waals surface area contributed by atoms with Crippen LogP contribution in [0.4, 0.5) is 37.0 Å². The van der Waals surface area contributed by atoms with Crippen LogP contribution >= 0.6 is 11.6 Å². The molecule has 56 heavy (non-hydrogen) atoms. The third kappa shape index (κ3) is 7.71. The first-order valence-electron chi connectivity index (χ1n) is 18.1. The lowest BCUT2D eigenvalue weighted by molar-refractivity contribution is -0.192. The summed E-state index contributed by atoms with van der Waals surface area (Å²) in [4.78, 5) is 41.7. The molecular weight excluding hydrogens is 770 g/mol. The first-order chi connectivity index (χ1) is 26.3. The standard InChI is InChI=1S/C36H38ClF3N6O3.C2HF3O2/c1-35(2,3)49-34(47)46-23-10-11-24(46)18-44(17-23)32-26-14-41-30(25-8-4-6-20-7-5-9-27(37)28(20)25)29(40)31(26)42-33(43-32)48-19-36-12-21(38)15-45(36)16-22(39)13-36;3-2(4,5)1(6)7/h4-9,14,21-24H,10-13,15-19H2,1-3H3;(H,6,7)/t21?,22?,23-,24+,36?;. The fourth-order valence-electron chi connectivity index (χ4n) is 8.34. The number of hydrogen-bond donors (Lipinski definition) is 1. The highest BCUT2D eigenvalue weighted by Crippen LogP contribution is 2.43. The van der Waals surface area contributed by atoms with Gasteiger partial charge in [0.05, 0.1) is 23.0 Å². The van der Waals surface area contributed by atoms with E-state index in [2.05, 4.69) is 9.97 Å². The predicted octanol–water partition coefficient (Wildman–Crippen LogP) is 7.76. The number of carbonyl (C=O) groups is 2. The number of hydrogen-bond acceptors (Lipinski definition) is 9. The molecule has 4 aliphatic rings. The highest BCUT2D eigenvalue weighted by atomic mass is 35.5. The van der Waals surface area contributed by atoms with E-state index in [-0.39, 0.29) is 67.9 Å². The van der Waals surface area contributed by atoms with E-state index in [0.717, 1.165) is 18.2 Å². The number of aromatic nitrogens is 3. The van der Waals surface area contributed by atoms with E-state index in [4.69, 9.17) is 36.0 Å². The van der Waals surface area contributed by atoms with E-state index in [0.29, 0.717) is 40.3 Å². The molecule has 2 aromatic carbocycles. The molecular formula is C38H39ClF6N6O5. The van der Waals surface area contributed by atoms with Crippen molar-refractivity contribution in [2.75, 3.05) is 37.7 Å². The maximum atomic E-state index is 16.8. The summed E-state index contributed by atoms with van der Waals surface area (Å²) in [6.07, 6.45) is -4.16. The molecule has 8 rings (SSSR count). The molecule has 1 amide bonds. The van der Waals surface area contributed by atoms with Crippen LogP contribution in [0.5, 0.6) is 6.01 Å². The summed E-state index contributed by atoms with van der Waals surface area (Å²) in [5.74, 6) is -3.00. The molecule has 0 radical (unpaired) electrons. The maximum Gasteiger partial charge on any atom is 0.490 e. The largest absolute Gasteiger partial charge is 0.490 e. The maximum absolute atomic E-state index is 16.8. The number of alkyl halides is 5. The zero-order chi connectivity index (χ0) is 40.3. The van der Waals surface area contributed by atoms with Crippen molar-refractivity contribution < 1.29 is 50.5 Å². The Morgan fingerprint density at radius 1 is 0.964 bits per heavy atom. The summed E-state index contributed by atoms with van der Waals surface area (Å²) in [7, 11) is 0. The highest BCUT2D eigenvalue weighted by molar-refractivity contribution is 6.36. The molecule has 1 N–H and O–H groups in total. The van der Waals surface area contributed by atoms with Crippen molar-refractivity contribution in [1.29, 1.82) is 0 Å². The first-order valence-corrected chi connectivity index (χ1v) is 18.5. The summed E-state index contributed by atoms with van der Waals surface area (Å²) in [6, 6.07) is 10.6. The SMILES string of the molecule is CC(C)(C)OC(=O)N1[C@@H]2CC[C@H]1CN(c1nc(OCC34CC(F)CN3CC(F)C4)nc3c(F)c(-c4cccc5cccc(Cl)c45)ncc13)C2.O=C(O)C(F)(F)F. The Hall–Kier alpha value is -4.64. The third-order valence-electron chi connectivity index (χ3n) is 10.6. The van der Waals surface area contributed by atoms with Gasteiger partial charge in [-0.15, -0.1) is 0 Å². The number of piperazine rings is 1. The van der Waals surface area contributed by atoms with Crippen molar-refractivity contribution in [3.8, 4) is 17.3 Å². The fourth-order valence-corrected chi connectivity index (χ4v) is 8.62. The number of fused-ring (bicyclic) bond motifs is 5. The van der Waals surface area contributed by atoms with E-state index in [1.54, 1.807) is 18.3 Å². The zero-order valence-corrected chi connectivity index (χ0v) is 31.4. The minimum Gasteiger partial charge on any atom is -0.475 e. The lowest BCUT2D eigenvalue weighted by Crippen LogP contribution is -2.57. The summed E-state index contributed by atoms with van der Waals surface area (Å²) in [5.41, 5.74) is -0.848. The molecule has 2 aromatic heterocycles. The Balaban J connectivity index is 0.000000629. The second kappa shape index (κ2) is 14.7. The van der Waals surface area contributed by atoms with Crippen molar-refractivity contribution in [2.45, 2.75) is 88.2 Å². The minimum atomic E-state index is -5.08. The van der Waals surface area contributed by atoms with Crippen LogP contribution in [0.3, 0.4) is 0 Å². The number of anilines is 1. The van der Waals surface area contributed by atoms with Gasteiger partial charge in [0.1, 0.15) is 41.6 Å². The van der Waals surface area contributed by atoms with E-state index in [1.807, 2.05) is 59.7 Å². The Bertz CT molecular complexity index is 2140. The van der Waals surface area contributed by atoms with Crippen LogP contribution in [-0.2, 0) is 9.53 Å². The Morgan fingerprint density at radius 3 is 2.16 bits per heavy atom. The number of rotatable bonds is 5. The quantitative estimate of drug-likeness (QED) is 0.200. The molecule has 4 saturated heterocycles. The van der Waals surface area contributed by atoms with Crippen molar-refractivity contribution >= 4 is 51.2 Å². The van der Waals surface area contributed by atoms with Gasteiger partial charge in [0.2, 0.25) is 0 Å². The van der Waals surface area contributed by atoms with Crippen LogP contribution in [0, 0.1) is 5.82 Å². The van der Waals surface area contributed by atoms with E-state index < -0.39 is 41.4 Å². The van der Waals surface area contributed by atoms with Crippen LogP contribution < -0.4 is 9.64 Å². The number of amides is 1. The number of ether oxygens (including phenoxy) is 2. The van der Waals surface area contributed by atoms with Gasteiger partial charge in [-0.3, -0.25) is 14.8 Å². The second-order valence-electron chi connectivity index (χ2n) is 15.7. The predicted molar refractivity (Wildman–Crippen MR) is 195 cm³/mol. The molecule has 4 fully saturated rings. The molecule has 4 aromatic rings. The van der Waals surface area contributed by atoms with Gasteiger partial charge in [0.15, 0.2) is 5.82 Å². The summed E-state index contributed by atoms with van der Waals surface area (Å²) < 4.78 is 89.6. The van der Waals surface area contributed by atoms with Crippen molar-refractivity contribution in [2.24, 2.45) is 0 Å². The van der Waals surface area contributed by atoms with Crippen LogP contribution in [-0.4, -0.2) is 116 Å². The van der Waals surface area contributed by atoms with Gasteiger partial charge in [-0.1, -0.05) is 41.9 Å². The van der Waals surface area contributed by atoms with Gasteiger partial charge in [0.25, 0.3) is 0 Å². The molecule has 4 atom stereocenters. The van der Waals surface area contributed by atoms with Crippen LogP contribution in [0.2, 0.25) is 5.02 Å². The molecule has 11 nitrogen and oxygen atoms in total. The molecule has 18 heteroatoms. The highest BCUT2D eigenvalue weighted by Gasteiger charge is 2.53. The number of benzene rings is 2. The summed E-state index contributed by atoms with van der Waals surface area (Å²) >= 11 is 6.61. The third-order valence-corrected chi connectivity index (χ3v) is 10.9. The van der Waals surface area contributed by atoms with Gasteiger partial charge in [-0.25, -0.2) is 22.8 Å². The van der Waals surface area contributed by atoms with Gasteiger partial charge in [-0.05, 0) is 45.1 Å². The van der Waals surface area contributed by atoms with Crippen molar-refractivity contribution in [3.05, 3.63) is 53.4 Å². The van der Waals surface area contributed by atoms with Crippen molar-refractivity contribution in [3.63, 3.8) is 0 Å². The smallest absolute Gasteiger partial charge is 0.475 e. The van der Waals surface area contributed by atoms with Crippen LogP contribution in [0.25, 0.3) is 32.9 Å². The summed E-state index contributed by atoms with van der Waals surface area (Å²) in [6.45, 7) is 6.67. The number of carboxylic acid groups (broad SMARTS) is 1. The van der Waals surface area contributed by atoms with E-state index in [9.17, 15) is 26.7 Å². The number of carboxylic acids is 1. The Labute approximate surface area is 322 Å². The lowest BCUT2D eigenvalue weighted by Gasteiger charge is -2.42. The van der Waals surface area contributed by atoms with Crippen LogP contribution in [0.15, 0.2) is 42.6 Å². The number of pyridine rings is 1. The lowest BCUT2D eigenvalue weighted by atomic mass is 9.94. The van der Waals surface area contributed by atoms with E-state index in [1.165, 1.54) is 0 Å². The Kier molecular flexibility index (Phi) is 10.4.